The maximum atomic E-state index is 14.0. The van der Waals surface area contributed by atoms with Crippen LogP contribution in [-0.2, 0) is 0 Å². The lowest BCUT2D eigenvalue weighted by Gasteiger charge is -2.35. The van der Waals surface area contributed by atoms with E-state index in [1.807, 2.05) is 20.9 Å². The molecule has 0 amide bonds. The molecule has 0 aliphatic rings. The van der Waals surface area contributed by atoms with Crippen LogP contribution in [0, 0.1) is 5.41 Å². The summed E-state index contributed by atoms with van der Waals surface area (Å²) in [6.07, 6.45) is 9.39. The quantitative estimate of drug-likeness (QED) is 0.142. The molecular weight excluding hydrogens is 440 g/mol. The third-order valence-electron chi connectivity index (χ3n) is 4.71. The highest BCUT2D eigenvalue weighted by Crippen LogP contribution is 2.33. The van der Waals surface area contributed by atoms with Crippen LogP contribution in [0.3, 0.4) is 0 Å². The number of rotatable bonds is 12. The number of halogens is 2. The van der Waals surface area contributed by atoms with Crippen molar-refractivity contribution in [2.45, 2.75) is 71.4 Å². The number of hydrogen-bond donors (Lipinski definition) is 4. The molecule has 0 aromatic carbocycles. The monoisotopic (exact) mass is 479 g/mol. The second kappa shape index (κ2) is 16.8. The number of anilines is 1. The van der Waals surface area contributed by atoms with E-state index >= 15 is 0 Å². The number of hydrogen-bond acceptors (Lipinski definition) is 7. The molecule has 0 saturated heterocycles. The van der Waals surface area contributed by atoms with Crippen molar-refractivity contribution in [3.63, 3.8) is 0 Å². The molecule has 9 heteroatoms. The van der Waals surface area contributed by atoms with E-state index in [0.29, 0.717) is 18.8 Å². The lowest BCUT2D eigenvalue weighted by Crippen LogP contribution is -2.54. The molecule has 2 aromatic heterocycles. The Morgan fingerprint density at radius 1 is 1.18 bits per heavy atom. The van der Waals surface area contributed by atoms with Crippen LogP contribution >= 0.6 is 0 Å². The summed E-state index contributed by atoms with van der Waals surface area (Å²) in [6, 6.07) is 5.79. The lowest BCUT2D eigenvalue weighted by molar-refractivity contribution is -0.148. The zero-order valence-electron chi connectivity index (χ0n) is 20.9. The average Bonchev–Trinajstić information content (AvgIpc) is 2.84. The van der Waals surface area contributed by atoms with Gasteiger partial charge in [0.1, 0.15) is 5.82 Å². The van der Waals surface area contributed by atoms with Crippen LogP contribution in [0.4, 0.5) is 14.6 Å². The zero-order chi connectivity index (χ0) is 26.0. The Bertz CT molecular complexity index is 808. The molecule has 1 atom stereocenters. The number of pyridine rings is 2. The van der Waals surface area contributed by atoms with Gasteiger partial charge in [-0.25, -0.2) is 13.8 Å². The number of nitrogens with zero attached hydrogens (tertiary/aromatic N) is 2. The number of alkyl halides is 2. The van der Waals surface area contributed by atoms with Crippen LogP contribution in [0.15, 0.2) is 42.9 Å². The minimum absolute atomic E-state index is 0.0383. The Kier molecular flexibility index (Phi) is 15.4. The Balaban J connectivity index is 0.000000924. The smallest absolute Gasteiger partial charge is 0.292 e. The van der Waals surface area contributed by atoms with E-state index in [2.05, 4.69) is 27.5 Å². The van der Waals surface area contributed by atoms with Crippen molar-refractivity contribution in [2.75, 3.05) is 18.9 Å². The third-order valence-corrected chi connectivity index (χ3v) is 4.71. The van der Waals surface area contributed by atoms with Gasteiger partial charge in [0.25, 0.3) is 5.92 Å². The minimum Gasteiger partial charge on any atom is -0.366 e. The maximum Gasteiger partial charge on any atom is 0.292 e. The molecule has 7 nitrogen and oxygen atoms in total. The maximum absolute atomic E-state index is 14.0. The predicted octanol–water partition coefficient (Wildman–Crippen LogP) is 5.32. The fourth-order valence-electron chi connectivity index (χ4n) is 2.70. The molecule has 0 aliphatic heterocycles. The summed E-state index contributed by atoms with van der Waals surface area (Å²) >= 11 is 0. The average molecular weight is 480 g/mol. The Morgan fingerprint density at radius 3 is 2.35 bits per heavy atom. The van der Waals surface area contributed by atoms with Crippen LogP contribution in [-0.4, -0.2) is 52.3 Å². The standard InChI is InChI=1S/C16H16F2N4O2.C7H17N.C2H6/c1-15(17,18)16(24,7-13(19)12-3-2-6-20-9-12)22-14-5-4-11(10-23)8-21-14;1-3-4-5-6-7-8-2;1-2/h2-6,8-10,19,24H,7H2,1H3,(H,21,22);8H,3-7H2,1-2H3;1-2H3. The van der Waals surface area contributed by atoms with Crippen LogP contribution < -0.4 is 10.6 Å². The highest BCUT2D eigenvalue weighted by atomic mass is 19.3. The van der Waals surface area contributed by atoms with E-state index in [4.69, 9.17) is 5.41 Å². The van der Waals surface area contributed by atoms with E-state index < -0.39 is 18.1 Å². The van der Waals surface area contributed by atoms with Gasteiger partial charge in [-0.1, -0.05) is 46.1 Å². The number of unbranched alkanes of at least 4 members (excludes halogenated alkanes) is 3. The second-order valence-electron chi connectivity index (χ2n) is 7.53. The first kappa shape index (κ1) is 31.2. The van der Waals surface area contributed by atoms with Gasteiger partial charge in [0, 0.05) is 48.8 Å². The van der Waals surface area contributed by atoms with Gasteiger partial charge in [-0.2, -0.15) is 0 Å². The van der Waals surface area contributed by atoms with Gasteiger partial charge in [-0.3, -0.25) is 9.78 Å². The lowest BCUT2D eigenvalue weighted by atomic mass is 9.96. The fraction of sp³-hybridized carbons (Fsp3) is 0.520. The number of carbonyl (C=O) groups is 1. The molecule has 190 valence electrons. The molecule has 0 saturated carbocycles. The summed E-state index contributed by atoms with van der Waals surface area (Å²) in [5.74, 6) is -3.60. The highest BCUT2D eigenvalue weighted by molar-refractivity contribution is 5.98. The number of aldehydes is 1. The van der Waals surface area contributed by atoms with Gasteiger partial charge in [0.2, 0.25) is 5.72 Å². The van der Waals surface area contributed by atoms with Crippen molar-refractivity contribution in [3.05, 3.63) is 54.0 Å². The SMILES string of the molecule is CC.CC(F)(F)C(O)(CC(=N)c1cccnc1)Nc1ccc(C=O)cn1.CCCCCCNC. The van der Waals surface area contributed by atoms with Crippen LogP contribution in [0.2, 0.25) is 0 Å². The van der Waals surface area contributed by atoms with Gasteiger partial charge in [0.05, 0.1) is 0 Å². The van der Waals surface area contributed by atoms with Crippen LogP contribution in [0.25, 0.3) is 0 Å². The molecule has 1 unspecified atom stereocenters. The summed E-state index contributed by atoms with van der Waals surface area (Å²) in [4.78, 5) is 18.2. The summed E-state index contributed by atoms with van der Waals surface area (Å²) < 4.78 is 27.9. The van der Waals surface area contributed by atoms with Gasteiger partial charge in [0.15, 0.2) is 6.29 Å². The summed E-state index contributed by atoms with van der Waals surface area (Å²) in [6.45, 7) is 7.97. The molecular formula is C25H39F2N5O2. The van der Waals surface area contributed by atoms with Crippen molar-refractivity contribution in [1.29, 1.82) is 5.41 Å². The van der Waals surface area contributed by atoms with Gasteiger partial charge in [-0.15, -0.1) is 0 Å². The summed E-state index contributed by atoms with van der Waals surface area (Å²) in [5.41, 5.74) is -2.33. The van der Waals surface area contributed by atoms with E-state index in [9.17, 15) is 18.7 Å². The summed E-state index contributed by atoms with van der Waals surface area (Å²) in [7, 11) is 2.01. The highest BCUT2D eigenvalue weighted by Gasteiger charge is 2.50. The Labute approximate surface area is 201 Å². The molecule has 0 aliphatic carbocycles. The molecule has 4 N–H and O–H groups in total. The molecule has 2 aromatic rings. The molecule has 0 bridgehead atoms. The van der Waals surface area contributed by atoms with Crippen molar-refractivity contribution in [1.82, 2.24) is 15.3 Å². The minimum atomic E-state index is -3.56. The van der Waals surface area contributed by atoms with Crippen LogP contribution in [0.1, 0.15) is 75.7 Å². The third kappa shape index (κ3) is 11.4. The van der Waals surface area contributed by atoms with Gasteiger partial charge < -0.3 is 21.1 Å². The number of aliphatic hydroxyl groups is 1. The first-order valence-electron chi connectivity index (χ1n) is 11.6. The van der Waals surface area contributed by atoms with Crippen molar-refractivity contribution in [3.8, 4) is 0 Å². The van der Waals surface area contributed by atoms with Crippen LogP contribution in [0.5, 0.6) is 0 Å². The topological polar surface area (TPSA) is 111 Å². The first-order chi connectivity index (χ1) is 16.2. The molecule has 2 rings (SSSR count). The largest absolute Gasteiger partial charge is 0.366 e. The van der Waals surface area contributed by atoms with Crippen molar-refractivity contribution in [2.24, 2.45) is 0 Å². The molecule has 0 fully saturated rings. The molecule has 34 heavy (non-hydrogen) atoms. The Morgan fingerprint density at radius 2 is 1.88 bits per heavy atom. The number of aromatic nitrogens is 2. The number of nitrogens with one attached hydrogen (secondary N) is 3. The second-order valence-corrected chi connectivity index (χ2v) is 7.53. The fourth-order valence-corrected chi connectivity index (χ4v) is 2.70. The summed E-state index contributed by atoms with van der Waals surface area (Å²) in [5, 5.41) is 23.8. The normalized spacial score (nSPS) is 12.2. The van der Waals surface area contributed by atoms with Crippen molar-refractivity contribution < 1.29 is 18.7 Å². The number of carbonyl (C=O) groups excluding carboxylic acids is 1. The molecule has 0 radical (unpaired) electrons. The van der Waals surface area contributed by atoms with Gasteiger partial charge in [-0.05, 0) is 38.2 Å². The van der Waals surface area contributed by atoms with E-state index in [1.165, 1.54) is 63.0 Å². The molecule has 0 spiro atoms. The van der Waals surface area contributed by atoms with Crippen molar-refractivity contribution >= 4 is 17.8 Å². The Hall–Kier alpha value is -2.78. The predicted molar refractivity (Wildman–Crippen MR) is 134 cm³/mol. The molecule has 2 heterocycles. The first-order valence-corrected chi connectivity index (χ1v) is 11.6. The van der Waals surface area contributed by atoms with E-state index in [0.717, 1.165) is 0 Å². The van der Waals surface area contributed by atoms with E-state index in [1.54, 1.807) is 12.1 Å². The van der Waals surface area contributed by atoms with E-state index in [-0.39, 0.29) is 17.1 Å². The van der Waals surface area contributed by atoms with Gasteiger partial charge >= 0.3 is 0 Å². The zero-order valence-corrected chi connectivity index (χ0v) is 20.9.